The molecule has 5 heteroatoms. The second kappa shape index (κ2) is 11.4. The van der Waals surface area contributed by atoms with Crippen molar-refractivity contribution < 1.29 is 17.9 Å². The minimum Gasteiger partial charge on any atom is -0.490 e. The molecule has 0 unspecified atom stereocenters. The Morgan fingerprint density at radius 3 is 1.85 bits per heavy atom. The van der Waals surface area contributed by atoms with Crippen LogP contribution in [-0.2, 0) is 4.43 Å². The minimum atomic E-state index is -2.52. The molecule has 0 aliphatic carbocycles. The highest BCUT2D eigenvalue weighted by Gasteiger charge is 2.49. The summed E-state index contributed by atoms with van der Waals surface area (Å²) in [6.07, 6.45) is 5.42. The molecule has 0 N–H and O–H groups in total. The van der Waals surface area contributed by atoms with E-state index in [1.807, 2.05) is 18.2 Å². The standard InChI is InChI=1S/C28H32F2O2Si/c1-28(2,3)33(24-14-8-6-9-15-24,25-16-10-7-11-17-25)32-21-13-5-4-12-20-31-27-22-23(29)18-19-26(27)30/h4-11,14-19,22H,12-13,20-21H2,1-3H3/b5-4+. The van der Waals surface area contributed by atoms with Gasteiger partial charge in [-0.1, -0.05) is 93.6 Å². The molecule has 0 amide bonds. The fraction of sp³-hybridized carbons (Fsp3) is 0.286. The maximum atomic E-state index is 13.6. The molecule has 2 nitrogen and oxygen atoms in total. The normalized spacial score (nSPS) is 12.3. The van der Waals surface area contributed by atoms with Gasteiger partial charge in [-0.25, -0.2) is 8.78 Å². The average Bonchev–Trinajstić information content (AvgIpc) is 2.80. The van der Waals surface area contributed by atoms with Gasteiger partial charge in [0.05, 0.1) is 6.61 Å². The first kappa shape index (κ1) is 24.9. The van der Waals surface area contributed by atoms with Crippen LogP contribution in [0.2, 0.25) is 5.04 Å². The summed E-state index contributed by atoms with van der Waals surface area (Å²) in [5.74, 6) is -1.13. The number of ether oxygens (including phenoxy) is 1. The van der Waals surface area contributed by atoms with E-state index < -0.39 is 20.0 Å². The fourth-order valence-electron chi connectivity index (χ4n) is 4.10. The van der Waals surface area contributed by atoms with E-state index in [-0.39, 0.29) is 17.4 Å². The summed E-state index contributed by atoms with van der Waals surface area (Å²) in [4.78, 5) is 0. The molecular formula is C28H32F2O2Si. The molecule has 33 heavy (non-hydrogen) atoms. The predicted octanol–water partition coefficient (Wildman–Crippen LogP) is 6.26. The van der Waals surface area contributed by atoms with Gasteiger partial charge in [0.15, 0.2) is 11.6 Å². The summed E-state index contributed by atoms with van der Waals surface area (Å²) in [5.41, 5.74) is 0. The number of benzene rings is 3. The van der Waals surface area contributed by atoms with Gasteiger partial charge in [0.25, 0.3) is 8.32 Å². The van der Waals surface area contributed by atoms with Crippen molar-refractivity contribution in [2.75, 3.05) is 13.2 Å². The lowest BCUT2D eigenvalue weighted by Crippen LogP contribution is -2.66. The quantitative estimate of drug-likeness (QED) is 0.200. The molecule has 0 aromatic heterocycles. The van der Waals surface area contributed by atoms with Gasteiger partial charge >= 0.3 is 0 Å². The van der Waals surface area contributed by atoms with Crippen molar-refractivity contribution in [3.8, 4) is 5.75 Å². The maximum Gasteiger partial charge on any atom is 0.261 e. The lowest BCUT2D eigenvalue weighted by atomic mass is 10.2. The lowest BCUT2D eigenvalue weighted by Gasteiger charge is -2.43. The predicted molar refractivity (Wildman–Crippen MR) is 134 cm³/mol. The monoisotopic (exact) mass is 466 g/mol. The lowest BCUT2D eigenvalue weighted by molar-refractivity contribution is 0.301. The molecule has 0 fully saturated rings. The summed E-state index contributed by atoms with van der Waals surface area (Å²) < 4.78 is 39.0. The highest BCUT2D eigenvalue weighted by atomic mass is 28.4. The molecular weight excluding hydrogens is 434 g/mol. The molecule has 0 aliphatic heterocycles. The third-order valence-electron chi connectivity index (χ3n) is 5.62. The van der Waals surface area contributed by atoms with E-state index >= 15 is 0 Å². The van der Waals surface area contributed by atoms with E-state index in [1.54, 1.807) is 0 Å². The highest BCUT2D eigenvalue weighted by molar-refractivity contribution is 6.99. The molecule has 0 saturated carbocycles. The van der Waals surface area contributed by atoms with Crippen LogP contribution in [0.5, 0.6) is 5.75 Å². The summed E-state index contributed by atoms with van der Waals surface area (Å²) >= 11 is 0. The maximum absolute atomic E-state index is 13.6. The van der Waals surface area contributed by atoms with Gasteiger partial charge in [0, 0.05) is 12.7 Å². The van der Waals surface area contributed by atoms with Crippen molar-refractivity contribution in [2.24, 2.45) is 0 Å². The number of hydrogen-bond acceptors (Lipinski definition) is 2. The molecule has 0 atom stereocenters. The summed E-state index contributed by atoms with van der Waals surface area (Å²) in [7, 11) is -2.52. The zero-order chi connectivity index (χ0) is 23.7. The van der Waals surface area contributed by atoms with Crippen LogP contribution in [0.4, 0.5) is 8.78 Å². The Hall–Kier alpha value is -2.76. The Labute approximate surface area is 197 Å². The molecule has 0 bridgehead atoms. The van der Waals surface area contributed by atoms with Crippen molar-refractivity contribution in [1.29, 1.82) is 0 Å². The van der Waals surface area contributed by atoms with Crippen molar-refractivity contribution in [3.05, 3.63) is 103 Å². The summed E-state index contributed by atoms with van der Waals surface area (Å²) in [5, 5.41) is 2.47. The molecule has 3 aromatic rings. The van der Waals surface area contributed by atoms with Crippen LogP contribution in [0.1, 0.15) is 33.6 Å². The Balaban J connectivity index is 1.63. The largest absolute Gasteiger partial charge is 0.490 e. The SMILES string of the molecule is CC(C)(C)[Si](OCC/C=C/CCOc1cc(F)ccc1F)(c1ccccc1)c1ccccc1. The summed E-state index contributed by atoms with van der Waals surface area (Å²) in [6.45, 7) is 7.67. The number of rotatable bonds is 10. The van der Waals surface area contributed by atoms with E-state index in [9.17, 15) is 8.78 Å². The van der Waals surface area contributed by atoms with Gasteiger partial charge in [-0.05, 0) is 40.4 Å². The van der Waals surface area contributed by atoms with E-state index in [0.29, 0.717) is 13.0 Å². The smallest absolute Gasteiger partial charge is 0.261 e. The van der Waals surface area contributed by atoms with Crippen LogP contribution in [0, 0.1) is 11.6 Å². The Morgan fingerprint density at radius 2 is 1.30 bits per heavy atom. The van der Waals surface area contributed by atoms with Crippen LogP contribution >= 0.6 is 0 Å². The first-order valence-corrected chi connectivity index (χ1v) is 13.2. The number of halogens is 2. The van der Waals surface area contributed by atoms with E-state index in [1.165, 1.54) is 10.4 Å². The molecule has 0 aliphatic rings. The first-order chi connectivity index (χ1) is 15.8. The molecule has 0 heterocycles. The van der Waals surface area contributed by atoms with Gasteiger partial charge in [-0.3, -0.25) is 0 Å². The third kappa shape index (κ3) is 6.18. The summed E-state index contributed by atoms with van der Waals surface area (Å²) in [6, 6.07) is 24.3. The molecule has 0 radical (unpaired) electrons. The van der Waals surface area contributed by atoms with E-state index in [0.717, 1.165) is 24.6 Å². The third-order valence-corrected chi connectivity index (χ3v) is 10.7. The van der Waals surface area contributed by atoms with Crippen LogP contribution in [0.15, 0.2) is 91.0 Å². The minimum absolute atomic E-state index is 0.0533. The zero-order valence-electron chi connectivity index (χ0n) is 19.6. The van der Waals surface area contributed by atoms with Crippen LogP contribution in [0.25, 0.3) is 0 Å². The average molecular weight is 467 g/mol. The second-order valence-electron chi connectivity index (χ2n) is 8.98. The van der Waals surface area contributed by atoms with Gasteiger partial charge in [0.1, 0.15) is 5.82 Å². The van der Waals surface area contributed by atoms with Crippen LogP contribution in [0.3, 0.4) is 0 Å². The van der Waals surface area contributed by atoms with Gasteiger partial charge in [-0.2, -0.15) is 0 Å². The topological polar surface area (TPSA) is 18.5 Å². The second-order valence-corrected chi connectivity index (χ2v) is 13.3. The van der Waals surface area contributed by atoms with Crippen LogP contribution in [-0.4, -0.2) is 21.5 Å². The first-order valence-electron chi connectivity index (χ1n) is 11.3. The Morgan fingerprint density at radius 1 is 0.758 bits per heavy atom. The number of hydrogen-bond donors (Lipinski definition) is 0. The van der Waals surface area contributed by atoms with Crippen molar-refractivity contribution in [1.82, 2.24) is 0 Å². The van der Waals surface area contributed by atoms with Crippen molar-refractivity contribution in [2.45, 2.75) is 38.7 Å². The van der Waals surface area contributed by atoms with Gasteiger partial charge in [-0.15, -0.1) is 0 Å². The van der Waals surface area contributed by atoms with E-state index in [4.69, 9.17) is 9.16 Å². The molecule has 3 aromatic carbocycles. The van der Waals surface area contributed by atoms with Crippen molar-refractivity contribution >= 4 is 18.7 Å². The molecule has 0 spiro atoms. The molecule has 3 rings (SSSR count). The van der Waals surface area contributed by atoms with Crippen molar-refractivity contribution in [3.63, 3.8) is 0 Å². The van der Waals surface area contributed by atoms with Gasteiger partial charge in [0.2, 0.25) is 0 Å². The van der Waals surface area contributed by atoms with E-state index in [2.05, 4.69) is 75.4 Å². The fourth-order valence-corrected chi connectivity index (χ4v) is 8.68. The van der Waals surface area contributed by atoms with Crippen LogP contribution < -0.4 is 15.1 Å². The van der Waals surface area contributed by atoms with Gasteiger partial charge < -0.3 is 9.16 Å². The molecule has 174 valence electrons. The Kier molecular flexibility index (Phi) is 8.59. The zero-order valence-corrected chi connectivity index (χ0v) is 20.6. The highest BCUT2D eigenvalue weighted by Crippen LogP contribution is 2.36. The molecule has 0 saturated heterocycles. The Bertz CT molecular complexity index is 991.